The van der Waals surface area contributed by atoms with Gasteiger partial charge in [0.1, 0.15) is 17.2 Å². The lowest BCUT2D eigenvalue weighted by Gasteiger charge is -2.30. The van der Waals surface area contributed by atoms with Crippen molar-refractivity contribution in [3.05, 3.63) is 95.1 Å². The second-order valence-electron chi connectivity index (χ2n) is 13.3. The Kier molecular flexibility index (Phi) is 12.0. The minimum absolute atomic E-state index is 0.0201. The number of hydrogen-bond donors (Lipinski definition) is 2. The van der Waals surface area contributed by atoms with Crippen LogP contribution in [0.5, 0.6) is 11.5 Å². The van der Waals surface area contributed by atoms with Gasteiger partial charge in [-0.15, -0.1) is 10.2 Å². The van der Waals surface area contributed by atoms with Gasteiger partial charge in [-0.05, 0) is 73.3 Å². The van der Waals surface area contributed by atoms with Crippen molar-refractivity contribution in [2.45, 2.75) is 85.0 Å². The summed E-state index contributed by atoms with van der Waals surface area (Å²) in [7, 11) is 0. The molecule has 2 N–H and O–H groups in total. The molecule has 0 aliphatic carbocycles. The first-order valence-electron chi connectivity index (χ1n) is 16.9. The third-order valence-corrected chi connectivity index (χ3v) is 9.28. The van der Waals surface area contributed by atoms with E-state index in [4.69, 9.17) is 9.47 Å². The SMILES string of the molecule is CCOC(=O)c1ccccc1N=Nc1cc(C(=O)NCCCCOc2ccc(C(C)(C)CC)cc2C(C)(C)CC)c(O)c2ccccc12. The molecule has 0 aliphatic heterocycles. The Labute approximate surface area is 284 Å². The Balaban J connectivity index is 1.44. The average Bonchev–Trinajstić information content (AvgIpc) is 3.09. The smallest absolute Gasteiger partial charge is 0.340 e. The quantitative estimate of drug-likeness (QED) is 0.0755. The molecule has 0 atom stereocenters. The summed E-state index contributed by atoms with van der Waals surface area (Å²) < 4.78 is 11.4. The molecule has 0 unspecified atom stereocenters. The zero-order valence-corrected chi connectivity index (χ0v) is 29.4. The molecule has 0 heterocycles. The molecule has 4 aromatic rings. The number of phenolic OH excluding ortho intramolecular Hbond substituents is 1. The van der Waals surface area contributed by atoms with Crippen LogP contribution >= 0.6 is 0 Å². The highest BCUT2D eigenvalue weighted by Crippen LogP contribution is 2.39. The van der Waals surface area contributed by atoms with Crippen molar-refractivity contribution < 1.29 is 24.2 Å². The van der Waals surface area contributed by atoms with Gasteiger partial charge in [-0.3, -0.25) is 4.79 Å². The number of esters is 1. The normalized spacial score (nSPS) is 12.0. The van der Waals surface area contributed by atoms with Crippen molar-refractivity contribution in [3.8, 4) is 11.5 Å². The zero-order valence-electron chi connectivity index (χ0n) is 29.4. The molecule has 0 bridgehead atoms. The van der Waals surface area contributed by atoms with Crippen LogP contribution in [0.4, 0.5) is 11.4 Å². The van der Waals surface area contributed by atoms with Gasteiger partial charge < -0.3 is 19.9 Å². The maximum atomic E-state index is 13.3. The van der Waals surface area contributed by atoms with Crippen LogP contribution in [0.3, 0.4) is 0 Å². The van der Waals surface area contributed by atoms with Crippen LogP contribution in [-0.4, -0.2) is 36.7 Å². The van der Waals surface area contributed by atoms with Crippen LogP contribution in [-0.2, 0) is 15.6 Å². The highest BCUT2D eigenvalue weighted by Gasteiger charge is 2.26. The number of benzene rings is 4. The van der Waals surface area contributed by atoms with Crippen molar-refractivity contribution in [1.82, 2.24) is 5.32 Å². The number of carbonyl (C=O) groups is 2. The standard InChI is InChI=1S/C40H49N3O5/c1-8-39(4,5)27-21-22-35(32(25-27)40(6,7)9-2)48-24-16-15-23-41-37(45)31-26-34(28-17-11-12-18-29(28)36(31)44)43-42-33-20-14-13-19-30(33)38(46)47-10-3/h11-14,17-22,25-26,44H,8-10,15-16,23-24H2,1-7H3,(H,41,45). The second kappa shape index (κ2) is 15.9. The lowest BCUT2D eigenvalue weighted by Crippen LogP contribution is -2.25. The lowest BCUT2D eigenvalue weighted by atomic mass is 9.76. The highest BCUT2D eigenvalue weighted by atomic mass is 16.5. The van der Waals surface area contributed by atoms with E-state index in [9.17, 15) is 14.7 Å². The van der Waals surface area contributed by atoms with Gasteiger partial charge in [-0.1, -0.05) is 90.1 Å². The number of amides is 1. The van der Waals surface area contributed by atoms with Gasteiger partial charge in [0, 0.05) is 22.9 Å². The maximum absolute atomic E-state index is 13.3. The van der Waals surface area contributed by atoms with E-state index in [1.54, 1.807) is 49.4 Å². The number of carbonyl (C=O) groups excluding carboxylic acids is 2. The van der Waals surface area contributed by atoms with Crippen LogP contribution in [0.2, 0.25) is 0 Å². The number of azo groups is 1. The molecular formula is C40H49N3O5. The molecule has 0 aliphatic rings. The van der Waals surface area contributed by atoms with Gasteiger partial charge in [0.05, 0.1) is 30.0 Å². The number of nitrogens with zero attached hydrogens (tertiary/aromatic N) is 2. The average molecular weight is 652 g/mol. The Morgan fingerprint density at radius 2 is 1.44 bits per heavy atom. The van der Waals surface area contributed by atoms with Crippen molar-refractivity contribution in [2.75, 3.05) is 19.8 Å². The first kappa shape index (κ1) is 36.1. The Bertz CT molecular complexity index is 1780. The summed E-state index contributed by atoms with van der Waals surface area (Å²) in [5.74, 6) is -0.122. The fourth-order valence-corrected chi connectivity index (χ4v) is 5.35. The fourth-order valence-electron chi connectivity index (χ4n) is 5.35. The summed E-state index contributed by atoms with van der Waals surface area (Å²) in [6, 6.07) is 22.0. The van der Waals surface area contributed by atoms with Gasteiger partial charge in [0.25, 0.3) is 5.91 Å². The van der Waals surface area contributed by atoms with E-state index in [-0.39, 0.29) is 34.3 Å². The molecule has 254 valence electrons. The molecule has 0 spiro atoms. The number of aromatic hydroxyl groups is 1. The summed E-state index contributed by atoms with van der Waals surface area (Å²) >= 11 is 0. The monoisotopic (exact) mass is 651 g/mol. The van der Waals surface area contributed by atoms with Gasteiger partial charge >= 0.3 is 5.97 Å². The summed E-state index contributed by atoms with van der Waals surface area (Å²) in [6.07, 6.45) is 3.50. The maximum Gasteiger partial charge on any atom is 0.340 e. The first-order chi connectivity index (χ1) is 22.9. The molecule has 4 aromatic carbocycles. The largest absolute Gasteiger partial charge is 0.506 e. The summed E-state index contributed by atoms with van der Waals surface area (Å²) in [6.45, 7) is 16.4. The van der Waals surface area contributed by atoms with Gasteiger partial charge in [-0.2, -0.15) is 0 Å². The second-order valence-corrected chi connectivity index (χ2v) is 13.3. The van der Waals surface area contributed by atoms with E-state index in [0.29, 0.717) is 41.7 Å². The van der Waals surface area contributed by atoms with Crippen LogP contribution < -0.4 is 10.1 Å². The molecule has 8 heteroatoms. The molecule has 0 saturated carbocycles. The number of ether oxygens (including phenoxy) is 2. The number of phenols is 1. The Morgan fingerprint density at radius 3 is 2.15 bits per heavy atom. The third-order valence-electron chi connectivity index (χ3n) is 9.28. The predicted octanol–water partition coefficient (Wildman–Crippen LogP) is 10.1. The Hall–Kier alpha value is -4.72. The molecule has 1 amide bonds. The predicted molar refractivity (Wildman–Crippen MR) is 192 cm³/mol. The molecule has 8 nitrogen and oxygen atoms in total. The molecule has 0 radical (unpaired) electrons. The fraction of sp³-hybridized carbons (Fsp3) is 0.400. The molecule has 0 saturated heterocycles. The molecule has 0 fully saturated rings. The molecule has 0 aromatic heterocycles. The topological polar surface area (TPSA) is 110 Å². The summed E-state index contributed by atoms with van der Waals surface area (Å²) in [5, 5.41) is 23.8. The van der Waals surface area contributed by atoms with Gasteiger partial charge in [0.2, 0.25) is 0 Å². The lowest BCUT2D eigenvalue weighted by molar-refractivity contribution is 0.0527. The van der Waals surface area contributed by atoms with E-state index in [2.05, 4.69) is 75.3 Å². The molecule has 4 rings (SSSR count). The minimum Gasteiger partial charge on any atom is -0.506 e. The van der Waals surface area contributed by atoms with Crippen LogP contribution in [0.15, 0.2) is 83.0 Å². The first-order valence-corrected chi connectivity index (χ1v) is 16.9. The van der Waals surface area contributed by atoms with Crippen LogP contribution in [0.25, 0.3) is 10.8 Å². The third kappa shape index (κ3) is 8.40. The number of hydrogen-bond acceptors (Lipinski definition) is 7. The van der Waals surface area contributed by atoms with Crippen molar-refractivity contribution in [1.29, 1.82) is 0 Å². The highest BCUT2D eigenvalue weighted by molar-refractivity contribution is 6.07. The van der Waals surface area contributed by atoms with Gasteiger partial charge in [-0.25, -0.2) is 4.79 Å². The molecule has 48 heavy (non-hydrogen) atoms. The van der Waals surface area contributed by atoms with Crippen molar-refractivity contribution >= 4 is 34.0 Å². The van der Waals surface area contributed by atoms with E-state index in [1.807, 2.05) is 6.07 Å². The van der Waals surface area contributed by atoms with Crippen molar-refractivity contribution in [2.24, 2.45) is 10.2 Å². The molecular weight excluding hydrogens is 602 g/mol. The number of nitrogens with one attached hydrogen (secondary N) is 1. The van der Waals surface area contributed by atoms with E-state index in [1.165, 1.54) is 17.2 Å². The van der Waals surface area contributed by atoms with Crippen molar-refractivity contribution in [3.63, 3.8) is 0 Å². The van der Waals surface area contributed by atoms with Gasteiger partial charge in [0.15, 0.2) is 0 Å². The number of rotatable bonds is 15. The minimum atomic E-state index is -0.493. The number of unbranched alkanes of at least 4 members (excludes halogenated alkanes) is 1. The van der Waals surface area contributed by atoms with Crippen LogP contribution in [0, 0.1) is 0 Å². The zero-order chi connectivity index (χ0) is 34.9. The summed E-state index contributed by atoms with van der Waals surface area (Å²) in [4.78, 5) is 25.7. The van der Waals surface area contributed by atoms with Crippen LogP contribution in [0.1, 0.15) is 106 Å². The Morgan fingerprint density at radius 1 is 0.771 bits per heavy atom. The summed E-state index contributed by atoms with van der Waals surface area (Å²) in [5.41, 5.74) is 3.73. The van der Waals surface area contributed by atoms with E-state index >= 15 is 0 Å². The van der Waals surface area contributed by atoms with E-state index < -0.39 is 11.9 Å². The number of fused-ring (bicyclic) bond motifs is 1. The van der Waals surface area contributed by atoms with E-state index in [0.717, 1.165) is 25.0 Å².